The van der Waals surface area contributed by atoms with Crippen LogP contribution in [0.15, 0.2) is 60.0 Å². The summed E-state index contributed by atoms with van der Waals surface area (Å²) in [5, 5.41) is 6.15. The molecule has 2 aromatic carbocycles. The highest BCUT2D eigenvalue weighted by molar-refractivity contribution is 7.09. The van der Waals surface area contributed by atoms with Gasteiger partial charge >= 0.3 is 0 Å². The molecule has 0 radical (unpaired) electrons. The third kappa shape index (κ3) is 5.64. The van der Waals surface area contributed by atoms with Gasteiger partial charge < -0.3 is 14.8 Å². The summed E-state index contributed by atoms with van der Waals surface area (Å²) in [4.78, 5) is 1.29. The third-order valence-electron chi connectivity index (χ3n) is 3.74. The molecule has 3 aromatic rings. The molecular formula is C20H21Cl2NO2S. The Morgan fingerprint density at radius 3 is 2.54 bits per heavy atom. The van der Waals surface area contributed by atoms with Gasteiger partial charge in [-0.25, -0.2) is 0 Å². The van der Waals surface area contributed by atoms with E-state index in [2.05, 4.69) is 22.8 Å². The molecule has 0 bridgehead atoms. The van der Waals surface area contributed by atoms with Gasteiger partial charge in [0.2, 0.25) is 0 Å². The largest absolute Gasteiger partial charge is 0.493 e. The second kappa shape index (κ2) is 10.4. The predicted molar refractivity (Wildman–Crippen MR) is 111 cm³/mol. The first-order chi connectivity index (χ1) is 12.3. The molecule has 0 spiro atoms. The van der Waals surface area contributed by atoms with Crippen LogP contribution < -0.4 is 14.8 Å². The van der Waals surface area contributed by atoms with Crippen LogP contribution in [0.25, 0.3) is 0 Å². The van der Waals surface area contributed by atoms with Gasteiger partial charge in [0.15, 0.2) is 11.5 Å². The van der Waals surface area contributed by atoms with Gasteiger partial charge in [0.1, 0.15) is 6.61 Å². The quantitative estimate of drug-likeness (QED) is 0.517. The molecule has 1 aromatic heterocycles. The lowest BCUT2D eigenvalue weighted by Gasteiger charge is -2.16. The van der Waals surface area contributed by atoms with E-state index in [0.29, 0.717) is 23.9 Å². The molecular weight excluding hydrogens is 389 g/mol. The SMILES string of the molecule is COc1cc(Cl)cc(CNCc2cccs2)c1OCc1ccccc1.Cl. The summed E-state index contributed by atoms with van der Waals surface area (Å²) in [6.45, 7) is 1.94. The Hall–Kier alpha value is -1.72. The van der Waals surface area contributed by atoms with Crippen LogP contribution in [0, 0.1) is 0 Å². The Morgan fingerprint density at radius 2 is 1.85 bits per heavy atom. The average molecular weight is 410 g/mol. The number of methoxy groups -OCH3 is 1. The zero-order valence-corrected chi connectivity index (χ0v) is 16.8. The summed E-state index contributed by atoms with van der Waals surface area (Å²) >= 11 is 7.97. The molecule has 0 fully saturated rings. The molecule has 138 valence electrons. The van der Waals surface area contributed by atoms with Crippen LogP contribution in [0.4, 0.5) is 0 Å². The van der Waals surface area contributed by atoms with Crippen molar-refractivity contribution in [2.75, 3.05) is 7.11 Å². The van der Waals surface area contributed by atoms with E-state index in [0.717, 1.165) is 23.4 Å². The molecule has 0 atom stereocenters. The van der Waals surface area contributed by atoms with E-state index in [1.807, 2.05) is 36.4 Å². The van der Waals surface area contributed by atoms with E-state index in [9.17, 15) is 0 Å². The Balaban J connectivity index is 0.00000243. The molecule has 0 saturated heterocycles. The van der Waals surface area contributed by atoms with E-state index in [4.69, 9.17) is 21.1 Å². The van der Waals surface area contributed by atoms with Crippen LogP contribution in [0.2, 0.25) is 5.02 Å². The van der Waals surface area contributed by atoms with Gasteiger partial charge in [0.05, 0.1) is 7.11 Å². The van der Waals surface area contributed by atoms with E-state index in [1.165, 1.54) is 4.88 Å². The molecule has 0 aliphatic carbocycles. The first-order valence-electron chi connectivity index (χ1n) is 8.02. The van der Waals surface area contributed by atoms with Gasteiger partial charge in [-0.2, -0.15) is 0 Å². The van der Waals surface area contributed by atoms with Crippen LogP contribution in [-0.2, 0) is 19.7 Å². The molecule has 0 aliphatic heterocycles. The first kappa shape index (κ1) is 20.6. The molecule has 1 heterocycles. The second-order valence-corrected chi connectivity index (χ2v) is 7.02. The van der Waals surface area contributed by atoms with Crippen LogP contribution in [0.3, 0.4) is 0 Å². The first-order valence-corrected chi connectivity index (χ1v) is 9.28. The zero-order chi connectivity index (χ0) is 17.5. The van der Waals surface area contributed by atoms with E-state index in [1.54, 1.807) is 24.5 Å². The number of thiophene rings is 1. The summed E-state index contributed by atoms with van der Waals surface area (Å²) in [5.74, 6) is 1.38. The standard InChI is InChI=1S/C20H20ClNO2S.ClH/c1-23-19-11-17(21)10-16(12-22-13-18-8-5-9-25-18)20(19)24-14-15-6-3-2-4-7-15;/h2-11,22H,12-14H2,1H3;1H. The van der Waals surface area contributed by atoms with E-state index < -0.39 is 0 Å². The zero-order valence-electron chi connectivity index (χ0n) is 14.4. The smallest absolute Gasteiger partial charge is 0.166 e. The van der Waals surface area contributed by atoms with Crippen molar-refractivity contribution < 1.29 is 9.47 Å². The van der Waals surface area contributed by atoms with Gasteiger partial charge in [-0.3, -0.25) is 0 Å². The minimum atomic E-state index is 0. The lowest BCUT2D eigenvalue weighted by molar-refractivity contribution is 0.280. The molecule has 1 N–H and O–H groups in total. The number of halogens is 2. The van der Waals surface area contributed by atoms with Crippen molar-refractivity contribution in [3.8, 4) is 11.5 Å². The van der Waals surface area contributed by atoms with Gasteiger partial charge in [0.25, 0.3) is 0 Å². The molecule has 0 aliphatic rings. The number of benzene rings is 2. The highest BCUT2D eigenvalue weighted by Gasteiger charge is 2.13. The van der Waals surface area contributed by atoms with E-state index >= 15 is 0 Å². The fraction of sp³-hybridized carbons (Fsp3) is 0.200. The summed E-state index contributed by atoms with van der Waals surface area (Å²) in [6.07, 6.45) is 0. The summed E-state index contributed by atoms with van der Waals surface area (Å²) < 4.78 is 11.5. The molecule has 0 unspecified atom stereocenters. The van der Waals surface area contributed by atoms with Crippen molar-refractivity contribution in [2.24, 2.45) is 0 Å². The van der Waals surface area contributed by atoms with Gasteiger partial charge in [0, 0.05) is 34.6 Å². The summed E-state index contributed by atoms with van der Waals surface area (Å²) in [7, 11) is 1.63. The molecule has 6 heteroatoms. The average Bonchev–Trinajstić information content (AvgIpc) is 3.14. The maximum Gasteiger partial charge on any atom is 0.166 e. The van der Waals surface area contributed by atoms with Crippen molar-refractivity contribution >= 4 is 35.3 Å². The lowest BCUT2D eigenvalue weighted by atomic mass is 10.1. The lowest BCUT2D eigenvalue weighted by Crippen LogP contribution is -2.13. The van der Waals surface area contributed by atoms with Gasteiger partial charge in [-0.05, 0) is 23.1 Å². The number of nitrogens with one attached hydrogen (secondary N) is 1. The fourth-order valence-electron chi connectivity index (χ4n) is 2.53. The predicted octanol–water partition coefficient (Wildman–Crippen LogP) is 5.70. The fourth-order valence-corrected chi connectivity index (χ4v) is 3.44. The Bertz CT molecular complexity index is 795. The highest BCUT2D eigenvalue weighted by Crippen LogP contribution is 2.35. The highest BCUT2D eigenvalue weighted by atomic mass is 35.5. The maximum absolute atomic E-state index is 6.24. The van der Waals surface area contributed by atoms with Gasteiger partial charge in [-0.15, -0.1) is 23.7 Å². The molecule has 0 amide bonds. The number of hydrogen-bond donors (Lipinski definition) is 1. The molecule has 3 nitrogen and oxygen atoms in total. The minimum absolute atomic E-state index is 0. The Kier molecular flexibility index (Phi) is 8.26. The second-order valence-electron chi connectivity index (χ2n) is 5.55. The molecule has 26 heavy (non-hydrogen) atoms. The van der Waals surface area contributed by atoms with Gasteiger partial charge in [-0.1, -0.05) is 48.0 Å². The third-order valence-corrected chi connectivity index (χ3v) is 4.83. The van der Waals surface area contributed by atoms with Crippen LogP contribution in [0.1, 0.15) is 16.0 Å². The van der Waals surface area contributed by atoms with Crippen molar-refractivity contribution in [3.05, 3.63) is 81.0 Å². The monoisotopic (exact) mass is 409 g/mol. The normalized spacial score (nSPS) is 10.2. The van der Waals surface area contributed by atoms with E-state index in [-0.39, 0.29) is 12.4 Å². The topological polar surface area (TPSA) is 30.5 Å². The minimum Gasteiger partial charge on any atom is -0.493 e. The maximum atomic E-state index is 6.24. The van der Waals surface area contributed by atoms with Crippen LogP contribution in [-0.4, -0.2) is 7.11 Å². The summed E-state index contributed by atoms with van der Waals surface area (Å²) in [6, 6.07) is 17.9. The number of rotatable bonds is 8. The van der Waals surface area contributed by atoms with Crippen molar-refractivity contribution in [3.63, 3.8) is 0 Å². The Morgan fingerprint density at radius 1 is 1.04 bits per heavy atom. The molecule has 3 rings (SSSR count). The summed E-state index contributed by atoms with van der Waals surface area (Å²) in [5.41, 5.74) is 2.09. The molecule has 0 saturated carbocycles. The number of ether oxygens (including phenoxy) is 2. The van der Waals surface area contributed by atoms with Crippen molar-refractivity contribution in [1.29, 1.82) is 0 Å². The van der Waals surface area contributed by atoms with Crippen molar-refractivity contribution in [1.82, 2.24) is 5.32 Å². The van der Waals surface area contributed by atoms with Crippen LogP contribution in [0.5, 0.6) is 11.5 Å². The number of hydrogen-bond acceptors (Lipinski definition) is 4. The van der Waals surface area contributed by atoms with Crippen LogP contribution >= 0.6 is 35.3 Å². The van der Waals surface area contributed by atoms with Crippen molar-refractivity contribution in [2.45, 2.75) is 19.7 Å². The Labute approximate surface area is 169 Å².